The van der Waals surface area contributed by atoms with E-state index in [2.05, 4.69) is 20.5 Å². The van der Waals surface area contributed by atoms with Crippen molar-refractivity contribution in [3.05, 3.63) is 54.3 Å². The first-order chi connectivity index (χ1) is 14.2. The second kappa shape index (κ2) is 6.59. The maximum Gasteiger partial charge on any atom is 0.239 e. The SMILES string of the molecule is COc1ccc2c(c1)c(OC)nn1c(-c3c(-c4ccccc4)noc3C)nnc21. The lowest BCUT2D eigenvalue weighted by Crippen LogP contribution is -2.01. The van der Waals surface area contributed by atoms with Gasteiger partial charge in [-0.25, -0.2) is 0 Å². The van der Waals surface area contributed by atoms with Crippen LogP contribution in [0.5, 0.6) is 11.6 Å². The average molecular weight is 387 g/mol. The highest BCUT2D eigenvalue weighted by Crippen LogP contribution is 2.36. The largest absolute Gasteiger partial charge is 0.497 e. The van der Waals surface area contributed by atoms with Gasteiger partial charge < -0.3 is 14.0 Å². The van der Waals surface area contributed by atoms with Gasteiger partial charge in [0.25, 0.3) is 0 Å². The first-order valence-corrected chi connectivity index (χ1v) is 9.00. The van der Waals surface area contributed by atoms with Crippen LogP contribution in [-0.4, -0.2) is 39.2 Å². The van der Waals surface area contributed by atoms with Crippen LogP contribution >= 0.6 is 0 Å². The minimum absolute atomic E-state index is 0.447. The molecule has 3 heterocycles. The van der Waals surface area contributed by atoms with Gasteiger partial charge in [-0.2, -0.15) is 4.52 Å². The number of rotatable bonds is 4. The summed E-state index contributed by atoms with van der Waals surface area (Å²) in [6.45, 7) is 1.85. The smallest absolute Gasteiger partial charge is 0.239 e. The summed E-state index contributed by atoms with van der Waals surface area (Å²) < 4.78 is 18.0. The Hall–Kier alpha value is -3.94. The number of nitrogens with zero attached hydrogens (tertiary/aromatic N) is 5. The van der Waals surface area contributed by atoms with Gasteiger partial charge in [0.15, 0.2) is 11.5 Å². The quantitative estimate of drug-likeness (QED) is 0.462. The van der Waals surface area contributed by atoms with Gasteiger partial charge in [0, 0.05) is 10.9 Å². The van der Waals surface area contributed by atoms with E-state index in [0.717, 1.165) is 21.9 Å². The number of fused-ring (bicyclic) bond motifs is 3. The molecule has 0 unspecified atom stereocenters. The summed E-state index contributed by atoms with van der Waals surface area (Å²) in [6.07, 6.45) is 0. The number of hydrogen-bond donors (Lipinski definition) is 0. The van der Waals surface area contributed by atoms with Gasteiger partial charge in [-0.15, -0.1) is 15.3 Å². The third kappa shape index (κ3) is 2.60. The van der Waals surface area contributed by atoms with E-state index in [4.69, 9.17) is 14.0 Å². The van der Waals surface area contributed by atoms with Crippen molar-refractivity contribution in [2.24, 2.45) is 0 Å². The van der Waals surface area contributed by atoms with Crippen LogP contribution in [0.2, 0.25) is 0 Å². The zero-order valence-electron chi connectivity index (χ0n) is 16.1. The monoisotopic (exact) mass is 387 g/mol. The number of methoxy groups -OCH3 is 2. The van der Waals surface area contributed by atoms with Crippen molar-refractivity contribution in [3.63, 3.8) is 0 Å². The van der Waals surface area contributed by atoms with E-state index in [1.807, 2.05) is 55.5 Å². The van der Waals surface area contributed by atoms with Crippen LogP contribution in [0, 0.1) is 6.92 Å². The Morgan fingerprint density at radius 2 is 1.76 bits per heavy atom. The standard InChI is InChI=1S/C21H17N5O3/c1-12-17(18(25-29-12)13-7-5-4-6-8-13)20-23-22-19-15-10-9-14(27-2)11-16(15)21(28-3)24-26(19)20/h4-11H,1-3H3. The summed E-state index contributed by atoms with van der Waals surface area (Å²) in [5, 5.41) is 19.3. The molecular formula is C21H17N5O3. The van der Waals surface area contributed by atoms with Gasteiger partial charge in [-0.05, 0) is 25.1 Å². The molecule has 29 heavy (non-hydrogen) atoms. The highest BCUT2D eigenvalue weighted by molar-refractivity contribution is 5.98. The van der Waals surface area contributed by atoms with E-state index < -0.39 is 0 Å². The number of aryl methyl sites for hydroxylation is 1. The number of ether oxygens (including phenoxy) is 2. The molecule has 0 spiro atoms. The van der Waals surface area contributed by atoms with Crippen LogP contribution < -0.4 is 9.47 Å². The Morgan fingerprint density at radius 3 is 2.52 bits per heavy atom. The van der Waals surface area contributed by atoms with Crippen molar-refractivity contribution < 1.29 is 14.0 Å². The second-order valence-corrected chi connectivity index (χ2v) is 6.51. The minimum atomic E-state index is 0.447. The third-order valence-electron chi connectivity index (χ3n) is 4.86. The maximum atomic E-state index is 5.54. The molecule has 8 heteroatoms. The molecule has 8 nitrogen and oxygen atoms in total. The summed E-state index contributed by atoms with van der Waals surface area (Å²) in [5.41, 5.74) is 2.96. The highest BCUT2D eigenvalue weighted by atomic mass is 16.5. The first-order valence-electron chi connectivity index (χ1n) is 9.00. The summed E-state index contributed by atoms with van der Waals surface area (Å²) >= 11 is 0. The van der Waals surface area contributed by atoms with Crippen LogP contribution in [0.1, 0.15) is 5.76 Å². The number of benzene rings is 2. The minimum Gasteiger partial charge on any atom is -0.497 e. The van der Waals surface area contributed by atoms with Crippen molar-refractivity contribution in [1.29, 1.82) is 0 Å². The van der Waals surface area contributed by atoms with Crippen LogP contribution in [0.25, 0.3) is 39.1 Å². The highest BCUT2D eigenvalue weighted by Gasteiger charge is 2.24. The Balaban J connectivity index is 1.81. The summed E-state index contributed by atoms with van der Waals surface area (Å²) in [5.74, 6) is 2.33. The van der Waals surface area contributed by atoms with Crippen LogP contribution in [0.15, 0.2) is 53.1 Å². The molecule has 0 saturated heterocycles. The number of aromatic nitrogens is 5. The second-order valence-electron chi connectivity index (χ2n) is 6.51. The molecule has 3 aromatic heterocycles. The summed E-state index contributed by atoms with van der Waals surface area (Å²) in [4.78, 5) is 0. The Labute approximate surface area is 165 Å². The molecular weight excluding hydrogens is 370 g/mol. The molecule has 0 N–H and O–H groups in total. The van der Waals surface area contributed by atoms with E-state index in [1.165, 1.54) is 0 Å². The van der Waals surface area contributed by atoms with Gasteiger partial charge in [0.2, 0.25) is 5.88 Å². The van der Waals surface area contributed by atoms with Gasteiger partial charge in [0.1, 0.15) is 17.2 Å². The summed E-state index contributed by atoms with van der Waals surface area (Å²) in [6, 6.07) is 15.5. The fraction of sp³-hybridized carbons (Fsp3) is 0.143. The van der Waals surface area contributed by atoms with Gasteiger partial charge >= 0.3 is 0 Å². The lowest BCUT2D eigenvalue weighted by molar-refractivity contribution is 0.394. The molecule has 0 amide bonds. The first kappa shape index (κ1) is 17.2. The molecule has 0 aliphatic rings. The molecule has 0 saturated carbocycles. The number of hydrogen-bond acceptors (Lipinski definition) is 7. The van der Waals surface area contributed by atoms with Crippen molar-refractivity contribution in [2.75, 3.05) is 14.2 Å². The Kier molecular flexibility index (Phi) is 3.90. The zero-order valence-corrected chi connectivity index (χ0v) is 16.1. The fourth-order valence-corrected chi connectivity index (χ4v) is 3.44. The van der Waals surface area contributed by atoms with E-state index >= 15 is 0 Å². The molecule has 0 atom stereocenters. The van der Waals surface area contributed by atoms with Crippen molar-refractivity contribution in [3.8, 4) is 34.3 Å². The van der Waals surface area contributed by atoms with Crippen molar-refractivity contribution >= 4 is 16.4 Å². The molecule has 2 aromatic carbocycles. The third-order valence-corrected chi connectivity index (χ3v) is 4.86. The molecule has 0 aliphatic carbocycles. The van der Waals surface area contributed by atoms with Gasteiger partial charge in [-0.3, -0.25) is 0 Å². The van der Waals surface area contributed by atoms with E-state index in [1.54, 1.807) is 18.7 Å². The van der Waals surface area contributed by atoms with Gasteiger partial charge in [-0.1, -0.05) is 35.5 Å². The Bertz CT molecular complexity index is 1340. The molecule has 5 aromatic rings. The molecule has 0 aliphatic heterocycles. The molecule has 0 bridgehead atoms. The molecule has 0 radical (unpaired) electrons. The predicted octanol–water partition coefficient (Wildman–Crippen LogP) is 3.93. The van der Waals surface area contributed by atoms with Crippen molar-refractivity contribution in [1.82, 2.24) is 25.0 Å². The van der Waals surface area contributed by atoms with E-state index in [0.29, 0.717) is 34.6 Å². The van der Waals surface area contributed by atoms with E-state index in [9.17, 15) is 0 Å². The predicted molar refractivity (Wildman–Crippen MR) is 107 cm³/mol. The maximum absolute atomic E-state index is 5.54. The van der Waals surface area contributed by atoms with Crippen LogP contribution in [-0.2, 0) is 0 Å². The molecule has 5 rings (SSSR count). The molecule has 0 fully saturated rings. The fourth-order valence-electron chi connectivity index (χ4n) is 3.44. The van der Waals surface area contributed by atoms with E-state index in [-0.39, 0.29) is 0 Å². The van der Waals surface area contributed by atoms with Crippen LogP contribution in [0.4, 0.5) is 0 Å². The van der Waals surface area contributed by atoms with Gasteiger partial charge in [0.05, 0.1) is 25.2 Å². The van der Waals surface area contributed by atoms with Crippen molar-refractivity contribution in [2.45, 2.75) is 6.92 Å². The lowest BCUT2D eigenvalue weighted by atomic mass is 10.1. The topological polar surface area (TPSA) is 87.6 Å². The molecule has 144 valence electrons. The zero-order chi connectivity index (χ0) is 20.0. The Morgan fingerprint density at radius 1 is 0.931 bits per heavy atom. The lowest BCUT2D eigenvalue weighted by Gasteiger charge is -2.08. The normalized spacial score (nSPS) is 11.3. The average Bonchev–Trinajstić information content (AvgIpc) is 3.36. The summed E-state index contributed by atoms with van der Waals surface area (Å²) in [7, 11) is 3.20. The van der Waals surface area contributed by atoms with Crippen LogP contribution in [0.3, 0.4) is 0 Å².